The monoisotopic (exact) mass is 350 g/mol. The molecule has 0 aromatic carbocycles. The summed E-state index contributed by atoms with van der Waals surface area (Å²) in [4.78, 5) is 15.9. The van der Waals surface area contributed by atoms with E-state index in [2.05, 4.69) is 14.0 Å². The van der Waals surface area contributed by atoms with Crippen molar-refractivity contribution in [2.45, 2.75) is 50.7 Å². The molecule has 5 rings (SSSR count). The Morgan fingerprint density at radius 3 is 2.68 bits per heavy atom. The molecule has 0 bridgehead atoms. The van der Waals surface area contributed by atoms with Gasteiger partial charge in [-0.05, 0) is 43.4 Å². The Hall–Kier alpha value is -0.650. The van der Waals surface area contributed by atoms with Crippen molar-refractivity contribution in [3.05, 3.63) is 0 Å². The van der Waals surface area contributed by atoms with Gasteiger partial charge in [-0.3, -0.25) is 4.79 Å². The van der Waals surface area contributed by atoms with E-state index in [1.165, 1.54) is 45.4 Å². The lowest BCUT2D eigenvalue weighted by Gasteiger charge is -2.51. The van der Waals surface area contributed by atoms with Crippen LogP contribution in [0.25, 0.3) is 0 Å². The largest absolute Gasteiger partial charge is 0.462 e. The van der Waals surface area contributed by atoms with Crippen LogP contribution in [0.3, 0.4) is 0 Å². The molecule has 0 radical (unpaired) electrons. The van der Waals surface area contributed by atoms with Crippen LogP contribution in [0.4, 0.5) is 0 Å². The van der Waals surface area contributed by atoms with Gasteiger partial charge in [0.15, 0.2) is 0 Å². The van der Waals surface area contributed by atoms with E-state index >= 15 is 0 Å². The Labute approximate surface area is 151 Å². The highest BCUT2D eigenvalue weighted by Crippen LogP contribution is 2.62. The molecule has 25 heavy (non-hydrogen) atoms. The minimum absolute atomic E-state index is 0.0989. The van der Waals surface area contributed by atoms with Gasteiger partial charge in [0.2, 0.25) is 0 Å². The predicted octanol–water partition coefficient (Wildman–Crippen LogP) is -1.07. The number of nitrogens with one attached hydrogen (secondary N) is 2. The fourth-order valence-corrected chi connectivity index (χ4v) is 6.74. The van der Waals surface area contributed by atoms with Crippen molar-refractivity contribution < 1.29 is 24.1 Å². The maximum absolute atomic E-state index is 12.7. The van der Waals surface area contributed by atoms with Gasteiger partial charge in [-0.2, -0.15) is 0 Å². The molecule has 0 amide bonds. The first kappa shape index (κ1) is 16.5. The molecule has 0 aromatic heterocycles. The Kier molecular flexibility index (Phi) is 3.75. The summed E-state index contributed by atoms with van der Waals surface area (Å²) in [5.41, 5.74) is 0.480. The number of likely N-dealkylation sites (N-methyl/N-ethyl adjacent to an activating group) is 1. The minimum atomic E-state index is 0.0989. The molecule has 1 spiro atoms. The Morgan fingerprint density at radius 2 is 1.96 bits per heavy atom. The second-order valence-corrected chi connectivity index (χ2v) is 10.0. The summed E-state index contributed by atoms with van der Waals surface area (Å²) in [6, 6.07) is 0. The second-order valence-electron chi connectivity index (χ2n) is 10.0. The highest BCUT2D eigenvalue weighted by atomic mass is 16.6. The van der Waals surface area contributed by atoms with E-state index in [4.69, 9.17) is 9.47 Å². The molecule has 0 unspecified atom stereocenters. The van der Waals surface area contributed by atoms with Crippen LogP contribution in [0.15, 0.2) is 0 Å². The number of carbonyl (C=O) groups is 1. The van der Waals surface area contributed by atoms with E-state index in [0.717, 1.165) is 26.0 Å². The number of carbonyl (C=O) groups excluding carboxylic acids is 1. The molecule has 2 aliphatic carbocycles. The number of hydrogen-bond acceptors (Lipinski definition) is 3. The summed E-state index contributed by atoms with van der Waals surface area (Å²) in [6.07, 6.45) is 6.17. The summed E-state index contributed by atoms with van der Waals surface area (Å²) in [5.74, 6) is 1.30. The van der Waals surface area contributed by atoms with Crippen LogP contribution in [-0.2, 0) is 14.3 Å². The molecule has 5 fully saturated rings. The van der Waals surface area contributed by atoms with Gasteiger partial charge < -0.3 is 19.3 Å². The lowest BCUT2D eigenvalue weighted by Crippen LogP contribution is -3.27. The van der Waals surface area contributed by atoms with Crippen molar-refractivity contribution in [1.82, 2.24) is 0 Å². The van der Waals surface area contributed by atoms with E-state index in [1.54, 1.807) is 9.80 Å². The lowest BCUT2D eigenvalue weighted by molar-refractivity contribution is -1.00. The van der Waals surface area contributed by atoms with Crippen molar-refractivity contribution >= 4 is 5.97 Å². The maximum Gasteiger partial charge on any atom is 0.315 e. The number of fused-ring (bicyclic) bond motifs is 3. The number of hydrogen-bond donors (Lipinski definition) is 2. The van der Waals surface area contributed by atoms with Crippen molar-refractivity contribution in [2.75, 3.05) is 46.4 Å². The molecule has 3 heterocycles. The van der Waals surface area contributed by atoms with E-state index in [-0.39, 0.29) is 23.6 Å². The fraction of sp³-hybridized carbons (Fsp3) is 0.950. The first-order valence-electron chi connectivity index (χ1n) is 10.5. The number of rotatable bonds is 2. The molecule has 0 aromatic rings. The van der Waals surface area contributed by atoms with Gasteiger partial charge >= 0.3 is 5.97 Å². The summed E-state index contributed by atoms with van der Waals surface area (Å²) in [7, 11) is 2.27. The Balaban J connectivity index is 1.33. The second kappa shape index (κ2) is 5.67. The van der Waals surface area contributed by atoms with Crippen molar-refractivity contribution in [3.63, 3.8) is 0 Å². The van der Waals surface area contributed by atoms with Crippen LogP contribution >= 0.6 is 0 Å². The van der Waals surface area contributed by atoms with E-state index < -0.39 is 0 Å². The zero-order valence-electron chi connectivity index (χ0n) is 15.8. The van der Waals surface area contributed by atoms with Gasteiger partial charge in [0.1, 0.15) is 38.2 Å². The minimum Gasteiger partial charge on any atom is -0.462 e. The van der Waals surface area contributed by atoms with Crippen LogP contribution in [0.5, 0.6) is 0 Å². The summed E-state index contributed by atoms with van der Waals surface area (Å²) in [6.45, 7) is 9.22. The molecule has 3 aliphatic heterocycles. The quantitative estimate of drug-likeness (QED) is 0.492. The third kappa shape index (κ3) is 2.65. The summed E-state index contributed by atoms with van der Waals surface area (Å²) >= 11 is 0. The molecular weight excluding hydrogens is 316 g/mol. The van der Waals surface area contributed by atoms with Gasteiger partial charge in [0, 0.05) is 5.92 Å². The van der Waals surface area contributed by atoms with Crippen LogP contribution in [0.1, 0.15) is 39.0 Å². The standard InChI is InChI=1S/C20H32N2O3/c1-19-4-3-5-20(13-24-20)17(19)10-14-15(18(23)25-16(14)11-19)12-22-8-6-21(2)7-9-22/h14-17H,3-13H2,1-2H3/p+2/t14-,15-,16-,17+,19-,20+/m1/s1. The van der Waals surface area contributed by atoms with Crippen molar-refractivity contribution in [3.8, 4) is 0 Å². The Morgan fingerprint density at radius 1 is 1.20 bits per heavy atom. The molecule has 6 atom stereocenters. The number of ether oxygens (including phenoxy) is 2. The number of epoxide rings is 1. The zero-order chi connectivity index (χ0) is 17.2. The smallest absolute Gasteiger partial charge is 0.315 e. The first-order chi connectivity index (χ1) is 12.0. The molecule has 2 N–H and O–H groups in total. The molecule has 140 valence electrons. The van der Waals surface area contributed by atoms with Gasteiger partial charge in [0.25, 0.3) is 0 Å². The van der Waals surface area contributed by atoms with E-state index in [9.17, 15) is 4.79 Å². The van der Waals surface area contributed by atoms with Crippen LogP contribution in [0.2, 0.25) is 0 Å². The van der Waals surface area contributed by atoms with E-state index in [1.807, 2.05) is 0 Å². The van der Waals surface area contributed by atoms with Gasteiger partial charge in [-0.15, -0.1) is 0 Å². The van der Waals surface area contributed by atoms with E-state index in [0.29, 0.717) is 17.3 Å². The third-order valence-electron chi connectivity index (χ3n) is 8.40. The molecule has 5 heteroatoms. The molecule has 2 saturated carbocycles. The van der Waals surface area contributed by atoms with Crippen LogP contribution < -0.4 is 9.80 Å². The lowest BCUT2D eigenvalue weighted by atomic mass is 9.53. The third-order valence-corrected chi connectivity index (χ3v) is 8.40. The Bertz CT molecular complexity index is 555. The average molecular weight is 351 g/mol. The average Bonchev–Trinajstić information content (AvgIpc) is 3.28. The normalized spacial score (nSPS) is 54.7. The molecule has 5 nitrogen and oxygen atoms in total. The fourth-order valence-electron chi connectivity index (χ4n) is 6.74. The highest BCUT2D eigenvalue weighted by Gasteiger charge is 2.65. The van der Waals surface area contributed by atoms with Crippen LogP contribution in [-0.4, -0.2) is 64.1 Å². The van der Waals surface area contributed by atoms with Crippen LogP contribution in [0, 0.1) is 23.2 Å². The zero-order valence-corrected chi connectivity index (χ0v) is 15.8. The predicted molar refractivity (Wildman–Crippen MR) is 92.4 cm³/mol. The maximum atomic E-state index is 12.7. The topological polar surface area (TPSA) is 47.7 Å². The number of esters is 1. The van der Waals surface area contributed by atoms with Crippen molar-refractivity contribution in [1.29, 1.82) is 0 Å². The van der Waals surface area contributed by atoms with Gasteiger partial charge in [-0.1, -0.05) is 6.92 Å². The number of piperazine rings is 1. The molecular formula is C20H34N2O3+2. The summed E-state index contributed by atoms with van der Waals surface area (Å²) in [5, 5.41) is 0. The van der Waals surface area contributed by atoms with Gasteiger partial charge in [-0.25, -0.2) is 0 Å². The highest BCUT2D eigenvalue weighted by molar-refractivity contribution is 5.75. The molecule has 5 aliphatic rings. The SMILES string of the molecule is C[NH+]1CC[NH+](C[C@H]2C(=O)O[C@@H]3C[C@@]4(C)CCC[C@]5(CO5)[C@H]4C[C@@H]32)CC1. The first-order valence-corrected chi connectivity index (χ1v) is 10.5. The number of quaternary nitrogens is 2. The molecule has 3 saturated heterocycles. The van der Waals surface area contributed by atoms with Crippen molar-refractivity contribution in [2.24, 2.45) is 23.2 Å². The van der Waals surface area contributed by atoms with Gasteiger partial charge in [0.05, 0.1) is 25.8 Å². The summed E-state index contributed by atoms with van der Waals surface area (Å²) < 4.78 is 12.0.